The summed E-state index contributed by atoms with van der Waals surface area (Å²) in [6, 6.07) is 40.4. The third-order valence-corrected chi connectivity index (χ3v) is 10.9. The van der Waals surface area contributed by atoms with E-state index < -0.39 is 0 Å². The summed E-state index contributed by atoms with van der Waals surface area (Å²) < 4.78 is 0. The molecule has 249 valence electrons. The Kier molecular flexibility index (Phi) is 9.11. The standard InChI is InChI=1S/C45H48N3S/c1-29(2)35-15-13-16-36(30(3)4)43(35)46-27-28-47(44-37(31(5)6)17-14-18-38(44)32(7)8)45(46)33-23-25-34(26-24-33)48-39-19-9-11-21-41(39)49-42-22-12-10-20-40(42)48/h9-32H,1-8H3. The number of para-hydroxylation sites is 4. The van der Waals surface area contributed by atoms with Crippen molar-refractivity contribution in [3.63, 3.8) is 0 Å². The summed E-state index contributed by atoms with van der Waals surface area (Å²) in [5.74, 6) is 1.52. The van der Waals surface area contributed by atoms with E-state index in [1.165, 1.54) is 66.5 Å². The Morgan fingerprint density at radius 2 is 0.816 bits per heavy atom. The van der Waals surface area contributed by atoms with E-state index in [1.54, 1.807) is 0 Å². The number of hydrogen-bond donors (Lipinski definition) is 0. The predicted octanol–water partition coefficient (Wildman–Crippen LogP) is 13.5. The minimum atomic E-state index is 0.381. The zero-order valence-electron chi connectivity index (χ0n) is 30.1. The van der Waals surface area contributed by atoms with Crippen molar-refractivity contribution in [2.45, 2.75) is 88.9 Å². The number of nitrogens with zero attached hydrogens (tertiary/aromatic N) is 3. The molecule has 3 nitrogen and oxygen atoms in total. The maximum atomic E-state index is 2.48. The highest BCUT2D eigenvalue weighted by molar-refractivity contribution is 7.99. The first kappa shape index (κ1) is 33.1. The Bertz CT molecular complexity index is 1820. The molecule has 0 atom stereocenters. The Hall–Kier alpha value is -4.41. The first-order chi connectivity index (χ1) is 23.7. The molecule has 0 saturated carbocycles. The van der Waals surface area contributed by atoms with E-state index in [0.717, 1.165) is 5.69 Å². The fraction of sp³-hybridized carbons (Fsp3) is 0.267. The molecule has 1 radical (unpaired) electrons. The van der Waals surface area contributed by atoms with Crippen LogP contribution in [0, 0.1) is 6.17 Å². The van der Waals surface area contributed by atoms with E-state index in [-0.39, 0.29) is 0 Å². The third kappa shape index (κ3) is 5.95. The smallest absolute Gasteiger partial charge is 0.195 e. The molecule has 7 rings (SSSR count). The summed E-state index contributed by atoms with van der Waals surface area (Å²) in [6.45, 7) is 18.5. The molecule has 2 heterocycles. The largest absolute Gasteiger partial charge is 0.314 e. The highest BCUT2D eigenvalue weighted by Crippen LogP contribution is 2.52. The fourth-order valence-corrected chi connectivity index (χ4v) is 8.41. The van der Waals surface area contributed by atoms with E-state index in [2.05, 4.69) is 192 Å². The van der Waals surface area contributed by atoms with E-state index in [9.17, 15) is 0 Å². The number of fused-ring (bicyclic) bond motifs is 2. The Morgan fingerprint density at radius 1 is 0.429 bits per heavy atom. The van der Waals surface area contributed by atoms with Crippen molar-refractivity contribution in [2.75, 3.05) is 14.7 Å². The van der Waals surface area contributed by atoms with Gasteiger partial charge in [-0.2, -0.15) is 0 Å². The van der Waals surface area contributed by atoms with Crippen LogP contribution in [0.4, 0.5) is 28.4 Å². The summed E-state index contributed by atoms with van der Waals surface area (Å²) in [6.07, 6.45) is 5.77. The van der Waals surface area contributed by atoms with Crippen LogP contribution in [0.15, 0.2) is 131 Å². The van der Waals surface area contributed by atoms with E-state index >= 15 is 0 Å². The van der Waals surface area contributed by atoms with Gasteiger partial charge in [0.2, 0.25) is 0 Å². The van der Waals surface area contributed by atoms with E-state index in [4.69, 9.17) is 0 Å². The van der Waals surface area contributed by atoms with Crippen molar-refractivity contribution in [3.05, 3.63) is 156 Å². The normalized spacial score (nSPS) is 14.5. The zero-order chi connectivity index (χ0) is 34.4. The van der Waals surface area contributed by atoms with Gasteiger partial charge in [-0.15, -0.1) is 0 Å². The summed E-state index contributed by atoms with van der Waals surface area (Å²) in [7, 11) is 0. The molecular weight excluding hydrogens is 615 g/mol. The van der Waals surface area contributed by atoms with Crippen molar-refractivity contribution >= 4 is 40.2 Å². The van der Waals surface area contributed by atoms with Crippen molar-refractivity contribution in [2.24, 2.45) is 0 Å². The average molecular weight is 663 g/mol. The van der Waals surface area contributed by atoms with Gasteiger partial charge in [0.15, 0.2) is 6.17 Å². The summed E-state index contributed by atoms with van der Waals surface area (Å²) in [5.41, 5.74) is 12.9. The quantitative estimate of drug-likeness (QED) is 0.160. The molecule has 4 heteroatoms. The van der Waals surface area contributed by atoms with E-state index in [1.807, 2.05) is 11.8 Å². The van der Waals surface area contributed by atoms with Crippen molar-refractivity contribution in [1.29, 1.82) is 0 Å². The maximum Gasteiger partial charge on any atom is 0.195 e. The summed E-state index contributed by atoms with van der Waals surface area (Å²) in [5, 5.41) is 0. The predicted molar refractivity (Wildman–Crippen MR) is 211 cm³/mol. The molecule has 5 aromatic carbocycles. The van der Waals surface area contributed by atoms with Crippen LogP contribution in [-0.2, 0) is 0 Å². The number of hydrogen-bond acceptors (Lipinski definition) is 4. The van der Waals surface area contributed by atoms with Gasteiger partial charge in [-0.3, -0.25) is 0 Å². The molecule has 0 amide bonds. The Labute approximate surface area is 298 Å². The van der Waals surface area contributed by atoms with Gasteiger partial charge in [-0.05, 0) is 82.3 Å². The fourth-order valence-electron chi connectivity index (χ4n) is 7.35. The lowest BCUT2D eigenvalue weighted by Gasteiger charge is -2.37. The summed E-state index contributed by atoms with van der Waals surface area (Å²) in [4.78, 5) is 9.91. The van der Waals surface area contributed by atoms with Crippen LogP contribution in [0.3, 0.4) is 0 Å². The highest BCUT2D eigenvalue weighted by Gasteiger charge is 2.37. The van der Waals surface area contributed by atoms with Gasteiger partial charge >= 0.3 is 0 Å². The van der Waals surface area contributed by atoms with Crippen LogP contribution in [0.5, 0.6) is 0 Å². The van der Waals surface area contributed by atoms with Gasteiger partial charge in [-0.1, -0.05) is 140 Å². The van der Waals surface area contributed by atoms with E-state index in [0.29, 0.717) is 23.7 Å². The van der Waals surface area contributed by atoms with Crippen molar-refractivity contribution < 1.29 is 0 Å². The molecule has 0 spiro atoms. The molecular formula is C45H48N3S. The molecule has 0 unspecified atom stereocenters. The Morgan fingerprint density at radius 3 is 1.20 bits per heavy atom. The van der Waals surface area contributed by atoms with Crippen LogP contribution >= 0.6 is 11.8 Å². The molecule has 0 fully saturated rings. The van der Waals surface area contributed by atoms with Crippen molar-refractivity contribution in [3.8, 4) is 0 Å². The second-order valence-corrected chi connectivity index (χ2v) is 15.6. The van der Waals surface area contributed by atoms with Gasteiger partial charge < -0.3 is 14.7 Å². The average Bonchev–Trinajstić information content (AvgIpc) is 3.54. The van der Waals surface area contributed by atoms with Crippen LogP contribution in [0.1, 0.15) is 107 Å². The van der Waals surface area contributed by atoms with Crippen molar-refractivity contribution in [1.82, 2.24) is 0 Å². The van der Waals surface area contributed by atoms with Gasteiger partial charge in [0.05, 0.1) is 22.7 Å². The van der Waals surface area contributed by atoms with Crippen LogP contribution in [-0.4, -0.2) is 0 Å². The second-order valence-electron chi connectivity index (χ2n) is 14.5. The minimum Gasteiger partial charge on any atom is -0.314 e. The van der Waals surface area contributed by atoms with Gasteiger partial charge in [0.25, 0.3) is 0 Å². The molecule has 2 aliphatic rings. The number of rotatable bonds is 8. The highest BCUT2D eigenvalue weighted by atomic mass is 32.2. The first-order valence-electron chi connectivity index (χ1n) is 17.8. The zero-order valence-corrected chi connectivity index (χ0v) is 30.9. The Balaban J connectivity index is 1.41. The number of benzene rings is 5. The number of anilines is 5. The summed E-state index contributed by atoms with van der Waals surface area (Å²) >= 11 is 1.85. The maximum absolute atomic E-state index is 2.48. The van der Waals surface area contributed by atoms with Gasteiger partial charge in [0, 0.05) is 33.4 Å². The minimum absolute atomic E-state index is 0.381. The molecule has 5 aromatic rings. The monoisotopic (exact) mass is 662 g/mol. The van der Waals surface area contributed by atoms with Crippen LogP contribution < -0.4 is 14.7 Å². The molecule has 0 N–H and O–H groups in total. The lowest BCUT2D eigenvalue weighted by Crippen LogP contribution is -2.34. The molecule has 49 heavy (non-hydrogen) atoms. The molecule has 2 aliphatic heterocycles. The topological polar surface area (TPSA) is 9.72 Å². The second kappa shape index (κ2) is 13.5. The molecule has 0 aromatic heterocycles. The van der Waals surface area contributed by atoms with Gasteiger partial charge in [0.1, 0.15) is 0 Å². The SMILES string of the molecule is CC(C)c1cccc(C(C)C)c1N1C=CN(c2c(C(C)C)cccc2C(C)C)[C]1c1ccc(N2c3ccccc3Sc3ccccc32)cc1. The third-order valence-electron chi connectivity index (χ3n) is 9.80. The van der Waals surface area contributed by atoms with Crippen LogP contribution in [0.2, 0.25) is 0 Å². The molecule has 0 saturated heterocycles. The lowest BCUT2D eigenvalue weighted by molar-refractivity contribution is 0.804. The van der Waals surface area contributed by atoms with Gasteiger partial charge in [-0.25, -0.2) is 0 Å². The lowest BCUT2D eigenvalue weighted by atomic mass is 9.90. The molecule has 0 aliphatic carbocycles. The molecule has 0 bridgehead atoms. The van der Waals surface area contributed by atoms with Crippen LogP contribution in [0.25, 0.3) is 0 Å². The first-order valence-corrected chi connectivity index (χ1v) is 18.6.